The summed E-state index contributed by atoms with van der Waals surface area (Å²) < 4.78 is 28.4. The summed E-state index contributed by atoms with van der Waals surface area (Å²) in [6.07, 6.45) is 30.9. The van der Waals surface area contributed by atoms with Gasteiger partial charge in [-0.15, -0.1) is 0 Å². The van der Waals surface area contributed by atoms with E-state index in [-0.39, 0.29) is 25.0 Å². The topological polar surface area (TPSA) is 104 Å². The number of esters is 1. The van der Waals surface area contributed by atoms with Gasteiger partial charge in [-0.2, -0.15) is 0 Å². The number of hydrogen-bond acceptors (Lipinski definition) is 9. The zero-order chi connectivity index (χ0) is 39.6. The third kappa shape index (κ3) is 38.8. The Bertz CT molecular complexity index is 767. The van der Waals surface area contributed by atoms with E-state index in [4.69, 9.17) is 23.7 Å². The summed E-state index contributed by atoms with van der Waals surface area (Å²) in [5.74, 6) is -0.170. The number of ether oxygens (including phenoxy) is 5. The molecule has 0 saturated carbocycles. The second-order valence-electron chi connectivity index (χ2n) is 15.4. The first-order chi connectivity index (χ1) is 26.5. The first-order valence-corrected chi connectivity index (χ1v) is 23.0. The molecule has 0 amide bonds. The Morgan fingerprint density at radius 2 is 0.926 bits per heavy atom. The number of nitrogens with zero attached hydrogens (tertiary/aromatic N) is 1. The van der Waals surface area contributed by atoms with Crippen molar-refractivity contribution in [3.63, 3.8) is 0 Å². The highest BCUT2D eigenvalue weighted by Crippen LogP contribution is 2.14. The van der Waals surface area contributed by atoms with Crippen molar-refractivity contribution in [1.29, 1.82) is 0 Å². The summed E-state index contributed by atoms with van der Waals surface area (Å²) in [6.45, 7) is 13.5. The molecule has 0 spiro atoms. The van der Waals surface area contributed by atoms with Crippen molar-refractivity contribution in [1.82, 2.24) is 4.90 Å². The molecule has 0 aliphatic heterocycles. The van der Waals surface area contributed by atoms with Crippen LogP contribution in [0.1, 0.15) is 214 Å². The van der Waals surface area contributed by atoms with Gasteiger partial charge in [0.25, 0.3) is 0 Å². The molecular weight excluding hydrogens is 682 g/mol. The van der Waals surface area contributed by atoms with E-state index in [9.17, 15) is 14.7 Å². The lowest BCUT2D eigenvalue weighted by Gasteiger charge is -2.21. The van der Waals surface area contributed by atoms with Crippen LogP contribution in [0.4, 0.5) is 4.79 Å². The summed E-state index contributed by atoms with van der Waals surface area (Å²) in [5, 5.41) is 9.53. The Morgan fingerprint density at radius 1 is 0.500 bits per heavy atom. The van der Waals surface area contributed by atoms with Crippen LogP contribution in [0, 0.1) is 0 Å². The standard InChI is InChI=1S/C45H89NO8/c1-5-8-11-14-17-18-24-31-42(4)54-45(49)53-41-30-23-26-35-46(36-37-47)34-25-19-22-27-38-50-43(48)32-33-44(51-39-28-20-15-12-9-6-2)52-40-29-21-16-13-10-7-3/h42,44,47H,5-41H2,1-4H3. The molecule has 0 aromatic rings. The molecule has 54 heavy (non-hydrogen) atoms. The van der Waals surface area contributed by atoms with Crippen LogP contribution in [-0.4, -0.2) is 87.2 Å². The van der Waals surface area contributed by atoms with Gasteiger partial charge in [-0.1, -0.05) is 136 Å². The number of rotatable bonds is 43. The molecule has 1 atom stereocenters. The zero-order valence-electron chi connectivity index (χ0n) is 36.1. The maximum absolute atomic E-state index is 12.5. The molecule has 322 valence electrons. The lowest BCUT2D eigenvalue weighted by atomic mass is 10.1. The van der Waals surface area contributed by atoms with Crippen LogP contribution >= 0.6 is 0 Å². The van der Waals surface area contributed by atoms with Crippen LogP contribution in [0.3, 0.4) is 0 Å². The van der Waals surface area contributed by atoms with Crippen LogP contribution < -0.4 is 0 Å². The van der Waals surface area contributed by atoms with Crippen LogP contribution in [0.5, 0.6) is 0 Å². The van der Waals surface area contributed by atoms with E-state index >= 15 is 0 Å². The highest BCUT2D eigenvalue weighted by molar-refractivity contribution is 5.69. The Balaban J connectivity index is 4.02. The smallest absolute Gasteiger partial charge is 0.466 e. The van der Waals surface area contributed by atoms with Crippen LogP contribution in [0.15, 0.2) is 0 Å². The molecule has 9 nitrogen and oxygen atoms in total. The van der Waals surface area contributed by atoms with E-state index < -0.39 is 6.16 Å². The average molecular weight is 772 g/mol. The SMILES string of the molecule is CCCCCCCCCC(C)OC(=O)OCCCCCN(CCO)CCCCCCOC(=O)CCC(OCCCCCCCC)OCCCCCCCC. The molecule has 1 N–H and O–H groups in total. The molecule has 0 rings (SSSR count). The molecule has 0 aromatic heterocycles. The third-order valence-corrected chi connectivity index (χ3v) is 10.1. The van der Waals surface area contributed by atoms with E-state index in [1.54, 1.807) is 0 Å². The second kappa shape index (κ2) is 42.7. The molecule has 0 aliphatic carbocycles. The van der Waals surface area contributed by atoms with Gasteiger partial charge in [0.15, 0.2) is 6.29 Å². The van der Waals surface area contributed by atoms with E-state index in [0.29, 0.717) is 45.8 Å². The second-order valence-corrected chi connectivity index (χ2v) is 15.4. The fraction of sp³-hybridized carbons (Fsp3) is 0.956. The third-order valence-electron chi connectivity index (χ3n) is 10.1. The van der Waals surface area contributed by atoms with Gasteiger partial charge in [0, 0.05) is 26.2 Å². The van der Waals surface area contributed by atoms with E-state index in [1.807, 2.05) is 6.92 Å². The number of aliphatic hydroxyl groups is 1. The van der Waals surface area contributed by atoms with Gasteiger partial charge in [-0.05, 0) is 77.8 Å². The molecule has 0 heterocycles. The van der Waals surface area contributed by atoms with Gasteiger partial charge >= 0.3 is 12.1 Å². The van der Waals surface area contributed by atoms with Crippen molar-refractivity contribution in [2.45, 2.75) is 226 Å². The molecule has 0 aromatic carbocycles. The van der Waals surface area contributed by atoms with Gasteiger partial charge < -0.3 is 33.7 Å². The lowest BCUT2D eigenvalue weighted by molar-refractivity contribution is -0.159. The Hall–Kier alpha value is -1.42. The minimum absolute atomic E-state index is 0.0992. The maximum Gasteiger partial charge on any atom is 0.508 e. The number of hydrogen-bond donors (Lipinski definition) is 1. The van der Waals surface area contributed by atoms with Crippen molar-refractivity contribution >= 4 is 12.1 Å². The lowest BCUT2D eigenvalue weighted by Crippen LogP contribution is -2.29. The van der Waals surface area contributed by atoms with Crippen molar-refractivity contribution in [2.75, 3.05) is 52.7 Å². The summed E-state index contributed by atoms with van der Waals surface area (Å²) in [5.41, 5.74) is 0. The van der Waals surface area contributed by atoms with Crippen molar-refractivity contribution in [3.05, 3.63) is 0 Å². The minimum Gasteiger partial charge on any atom is -0.466 e. The first kappa shape index (κ1) is 52.6. The number of carbonyl (C=O) groups is 2. The Kier molecular flexibility index (Phi) is 41.6. The quantitative estimate of drug-likeness (QED) is 0.0368. The molecule has 0 bridgehead atoms. The van der Waals surface area contributed by atoms with Gasteiger partial charge in [0.05, 0.1) is 26.2 Å². The molecule has 9 heteroatoms. The molecule has 0 aliphatic rings. The summed E-state index contributed by atoms with van der Waals surface area (Å²) in [4.78, 5) is 26.8. The number of unbranched alkanes of at least 4 members (excludes halogenated alkanes) is 21. The van der Waals surface area contributed by atoms with E-state index in [2.05, 4.69) is 25.7 Å². The van der Waals surface area contributed by atoms with E-state index in [1.165, 1.54) is 103 Å². The number of aliphatic hydroxyl groups excluding tert-OH is 1. The zero-order valence-corrected chi connectivity index (χ0v) is 36.1. The van der Waals surface area contributed by atoms with Crippen molar-refractivity contribution in [2.24, 2.45) is 0 Å². The summed E-state index contributed by atoms with van der Waals surface area (Å²) in [6, 6.07) is 0. The van der Waals surface area contributed by atoms with Gasteiger partial charge in [0.2, 0.25) is 0 Å². The average Bonchev–Trinajstić information content (AvgIpc) is 3.16. The Labute approximate surface area is 333 Å². The number of carbonyl (C=O) groups excluding carboxylic acids is 2. The van der Waals surface area contributed by atoms with Gasteiger partial charge in [-0.25, -0.2) is 4.79 Å². The molecule has 1 unspecified atom stereocenters. The van der Waals surface area contributed by atoms with E-state index in [0.717, 1.165) is 83.7 Å². The molecule has 0 radical (unpaired) electrons. The predicted molar refractivity (Wildman–Crippen MR) is 223 cm³/mol. The van der Waals surface area contributed by atoms with Crippen LogP contribution in [-0.2, 0) is 28.5 Å². The minimum atomic E-state index is -0.553. The molecule has 0 fully saturated rings. The monoisotopic (exact) mass is 772 g/mol. The van der Waals surface area contributed by atoms with Crippen molar-refractivity contribution < 1.29 is 38.4 Å². The van der Waals surface area contributed by atoms with Crippen LogP contribution in [0.25, 0.3) is 0 Å². The van der Waals surface area contributed by atoms with Gasteiger partial charge in [-0.3, -0.25) is 4.79 Å². The summed E-state index contributed by atoms with van der Waals surface area (Å²) >= 11 is 0. The fourth-order valence-electron chi connectivity index (χ4n) is 6.59. The Morgan fingerprint density at radius 3 is 1.44 bits per heavy atom. The highest BCUT2D eigenvalue weighted by atomic mass is 16.7. The van der Waals surface area contributed by atoms with Crippen LogP contribution in [0.2, 0.25) is 0 Å². The van der Waals surface area contributed by atoms with Gasteiger partial charge in [0.1, 0.15) is 6.10 Å². The normalized spacial score (nSPS) is 12.1. The fourth-order valence-corrected chi connectivity index (χ4v) is 6.59. The summed E-state index contributed by atoms with van der Waals surface area (Å²) in [7, 11) is 0. The highest BCUT2D eigenvalue weighted by Gasteiger charge is 2.14. The van der Waals surface area contributed by atoms with Crippen molar-refractivity contribution in [3.8, 4) is 0 Å². The maximum atomic E-state index is 12.5. The predicted octanol–water partition coefficient (Wildman–Crippen LogP) is 12.1. The molecule has 0 saturated heterocycles. The largest absolute Gasteiger partial charge is 0.508 e. The first-order valence-electron chi connectivity index (χ1n) is 23.0. The molecular formula is C45H89NO8.